The van der Waals surface area contributed by atoms with Crippen molar-refractivity contribution >= 4 is 0 Å². The van der Waals surface area contributed by atoms with Gasteiger partial charge in [0.05, 0.1) is 0 Å². The van der Waals surface area contributed by atoms with E-state index in [0.717, 1.165) is 19.6 Å². The first-order chi connectivity index (χ1) is 9.91. The zero-order chi connectivity index (χ0) is 14.7. The maximum Gasteiger partial charge on any atom is 0.0466 e. The summed E-state index contributed by atoms with van der Waals surface area (Å²) in [5, 5.41) is 8.66. The Labute approximate surface area is 127 Å². The average Bonchev–Trinajstić information content (AvgIpc) is 2.47. The van der Waals surface area contributed by atoms with Crippen molar-refractivity contribution in [3.63, 3.8) is 0 Å². The predicted molar refractivity (Wildman–Crippen MR) is 88.2 cm³/mol. The van der Waals surface area contributed by atoms with Crippen molar-refractivity contribution in [1.29, 1.82) is 0 Å². The third kappa shape index (κ3) is 17.9. The number of ether oxygens (including phenoxy) is 1. The minimum Gasteiger partial charge on any atom is -0.396 e. The van der Waals surface area contributed by atoms with Gasteiger partial charge in [-0.25, -0.2) is 0 Å². The minimum absolute atomic E-state index is 0.349. The largest absolute Gasteiger partial charge is 0.396 e. The normalized spacial score (nSPS) is 11.1. The first-order valence-corrected chi connectivity index (χ1v) is 9.10. The van der Waals surface area contributed by atoms with Crippen LogP contribution in [-0.4, -0.2) is 24.9 Å². The fourth-order valence-corrected chi connectivity index (χ4v) is 2.46. The fraction of sp³-hybridized carbons (Fsp3) is 1.00. The summed E-state index contributed by atoms with van der Waals surface area (Å²) in [6.07, 6.45) is 18.2. The zero-order valence-electron chi connectivity index (χ0n) is 13.9. The van der Waals surface area contributed by atoms with Gasteiger partial charge in [-0.05, 0) is 19.3 Å². The highest BCUT2D eigenvalue weighted by atomic mass is 16.5. The van der Waals surface area contributed by atoms with E-state index < -0.39 is 0 Å². The Morgan fingerprint density at radius 1 is 0.550 bits per heavy atom. The molecule has 0 aliphatic rings. The van der Waals surface area contributed by atoms with Gasteiger partial charge in [-0.3, -0.25) is 0 Å². The van der Waals surface area contributed by atoms with E-state index in [1.54, 1.807) is 0 Å². The topological polar surface area (TPSA) is 29.5 Å². The molecule has 0 aromatic rings. The second-order valence-electron chi connectivity index (χ2n) is 5.93. The average molecular weight is 286 g/mol. The van der Waals surface area contributed by atoms with Crippen LogP contribution in [-0.2, 0) is 4.74 Å². The van der Waals surface area contributed by atoms with E-state index in [1.165, 1.54) is 83.5 Å². The maximum atomic E-state index is 8.66. The molecule has 0 bridgehead atoms. The molecule has 0 rings (SSSR count). The van der Waals surface area contributed by atoms with E-state index in [9.17, 15) is 0 Å². The lowest BCUT2D eigenvalue weighted by Crippen LogP contribution is -1.97. The molecule has 0 spiro atoms. The molecule has 0 aromatic carbocycles. The summed E-state index contributed by atoms with van der Waals surface area (Å²) in [4.78, 5) is 0. The van der Waals surface area contributed by atoms with Gasteiger partial charge in [-0.15, -0.1) is 0 Å². The SMILES string of the molecule is CCCCCCCCCCOCCCCCCCCO. The molecule has 2 heteroatoms. The summed E-state index contributed by atoms with van der Waals surface area (Å²) < 4.78 is 5.67. The summed E-state index contributed by atoms with van der Waals surface area (Å²) in [6, 6.07) is 0. The first kappa shape index (κ1) is 19.9. The van der Waals surface area contributed by atoms with E-state index in [4.69, 9.17) is 9.84 Å². The predicted octanol–water partition coefficient (Wildman–Crippen LogP) is 5.48. The van der Waals surface area contributed by atoms with Gasteiger partial charge in [0.25, 0.3) is 0 Å². The third-order valence-corrected chi connectivity index (χ3v) is 3.84. The van der Waals surface area contributed by atoms with Gasteiger partial charge < -0.3 is 9.84 Å². The Morgan fingerprint density at radius 2 is 0.950 bits per heavy atom. The Morgan fingerprint density at radius 3 is 1.40 bits per heavy atom. The van der Waals surface area contributed by atoms with Crippen LogP contribution >= 0.6 is 0 Å². The van der Waals surface area contributed by atoms with Crippen LogP contribution in [0.1, 0.15) is 96.8 Å². The van der Waals surface area contributed by atoms with Crippen LogP contribution in [0.2, 0.25) is 0 Å². The lowest BCUT2D eigenvalue weighted by Gasteiger charge is -2.05. The molecule has 1 N–H and O–H groups in total. The minimum atomic E-state index is 0.349. The van der Waals surface area contributed by atoms with Gasteiger partial charge in [0.1, 0.15) is 0 Å². The first-order valence-electron chi connectivity index (χ1n) is 9.10. The van der Waals surface area contributed by atoms with E-state index in [0.29, 0.717) is 6.61 Å². The summed E-state index contributed by atoms with van der Waals surface area (Å²) in [7, 11) is 0. The molecule has 0 saturated carbocycles. The fourth-order valence-electron chi connectivity index (χ4n) is 2.46. The second-order valence-corrected chi connectivity index (χ2v) is 5.93. The van der Waals surface area contributed by atoms with Crippen molar-refractivity contribution in [3.8, 4) is 0 Å². The molecule has 0 atom stereocenters. The lowest BCUT2D eigenvalue weighted by atomic mass is 10.1. The highest BCUT2D eigenvalue weighted by Gasteiger charge is 1.94. The number of hydrogen-bond acceptors (Lipinski definition) is 2. The van der Waals surface area contributed by atoms with Crippen LogP contribution in [0, 0.1) is 0 Å². The van der Waals surface area contributed by atoms with Gasteiger partial charge in [0, 0.05) is 19.8 Å². The van der Waals surface area contributed by atoms with E-state index >= 15 is 0 Å². The molecular formula is C18H38O2. The maximum absolute atomic E-state index is 8.66. The highest BCUT2D eigenvalue weighted by Crippen LogP contribution is 2.09. The summed E-state index contributed by atoms with van der Waals surface area (Å²) in [5.41, 5.74) is 0. The molecule has 0 amide bonds. The quantitative estimate of drug-likeness (QED) is 0.359. The van der Waals surface area contributed by atoms with E-state index in [-0.39, 0.29) is 0 Å². The molecule has 2 nitrogen and oxygen atoms in total. The Hall–Kier alpha value is -0.0800. The van der Waals surface area contributed by atoms with Crippen molar-refractivity contribution < 1.29 is 9.84 Å². The van der Waals surface area contributed by atoms with Crippen molar-refractivity contribution in [3.05, 3.63) is 0 Å². The number of rotatable bonds is 17. The molecule has 20 heavy (non-hydrogen) atoms. The molecule has 0 fully saturated rings. The smallest absolute Gasteiger partial charge is 0.0466 e. The molecule has 0 saturated heterocycles. The van der Waals surface area contributed by atoms with Gasteiger partial charge in [0.15, 0.2) is 0 Å². The van der Waals surface area contributed by atoms with Crippen LogP contribution in [0.5, 0.6) is 0 Å². The van der Waals surface area contributed by atoms with Crippen molar-refractivity contribution in [2.24, 2.45) is 0 Å². The second kappa shape index (κ2) is 18.9. The number of aliphatic hydroxyl groups excluding tert-OH is 1. The molecule has 0 radical (unpaired) electrons. The molecule has 0 heterocycles. The van der Waals surface area contributed by atoms with Crippen molar-refractivity contribution in [2.45, 2.75) is 96.8 Å². The van der Waals surface area contributed by atoms with Gasteiger partial charge in [0.2, 0.25) is 0 Å². The molecule has 0 unspecified atom stereocenters. The Bertz CT molecular complexity index is 141. The molecular weight excluding hydrogens is 248 g/mol. The highest BCUT2D eigenvalue weighted by molar-refractivity contribution is 4.47. The summed E-state index contributed by atoms with van der Waals surface area (Å²) in [6.45, 7) is 4.52. The van der Waals surface area contributed by atoms with Crippen molar-refractivity contribution in [2.75, 3.05) is 19.8 Å². The molecule has 0 aliphatic carbocycles. The van der Waals surface area contributed by atoms with Gasteiger partial charge >= 0.3 is 0 Å². The number of unbranched alkanes of at least 4 members (excludes halogenated alkanes) is 12. The standard InChI is InChI=1S/C18H38O2/c1-2-3-4-5-6-8-11-14-17-20-18-15-12-9-7-10-13-16-19/h19H,2-18H2,1H3. The number of aliphatic hydroxyl groups is 1. The zero-order valence-corrected chi connectivity index (χ0v) is 13.9. The Kier molecular flexibility index (Phi) is 18.8. The van der Waals surface area contributed by atoms with Crippen LogP contribution in [0.3, 0.4) is 0 Å². The lowest BCUT2D eigenvalue weighted by molar-refractivity contribution is 0.125. The monoisotopic (exact) mass is 286 g/mol. The van der Waals surface area contributed by atoms with E-state index in [2.05, 4.69) is 6.92 Å². The van der Waals surface area contributed by atoms with Crippen LogP contribution < -0.4 is 0 Å². The summed E-state index contributed by atoms with van der Waals surface area (Å²) in [5.74, 6) is 0. The summed E-state index contributed by atoms with van der Waals surface area (Å²) >= 11 is 0. The van der Waals surface area contributed by atoms with Crippen LogP contribution in [0.25, 0.3) is 0 Å². The third-order valence-electron chi connectivity index (χ3n) is 3.84. The molecule has 0 aromatic heterocycles. The molecule has 122 valence electrons. The van der Waals surface area contributed by atoms with Crippen LogP contribution in [0.15, 0.2) is 0 Å². The van der Waals surface area contributed by atoms with Crippen molar-refractivity contribution in [1.82, 2.24) is 0 Å². The molecule has 0 aliphatic heterocycles. The van der Waals surface area contributed by atoms with Gasteiger partial charge in [-0.2, -0.15) is 0 Å². The van der Waals surface area contributed by atoms with Gasteiger partial charge in [-0.1, -0.05) is 77.6 Å². The Balaban J connectivity index is 2.89. The number of hydrogen-bond donors (Lipinski definition) is 1. The van der Waals surface area contributed by atoms with E-state index in [1.807, 2.05) is 0 Å². The van der Waals surface area contributed by atoms with Crippen LogP contribution in [0.4, 0.5) is 0 Å².